The van der Waals surface area contributed by atoms with Crippen LogP contribution in [-0.2, 0) is 0 Å². The van der Waals surface area contributed by atoms with Gasteiger partial charge in [-0.15, -0.1) is 0 Å². The van der Waals surface area contributed by atoms with E-state index in [1.54, 1.807) is 24.3 Å². The Morgan fingerprint density at radius 2 is 1.92 bits per heavy atom. The summed E-state index contributed by atoms with van der Waals surface area (Å²) in [5.41, 5.74) is 0.472. The second-order valence-electron chi connectivity index (χ2n) is 2.58. The van der Waals surface area contributed by atoms with Crippen LogP contribution < -0.4 is 0 Å². The lowest BCUT2D eigenvalue weighted by Gasteiger charge is -1.98. The van der Waals surface area contributed by atoms with E-state index in [0.717, 1.165) is 4.47 Å². The minimum atomic E-state index is -0.279. The Kier molecular flexibility index (Phi) is 2.19. The molecule has 0 N–H and O–H groups in total. The van der Waals surface area contributed by atoms with Crippen molar-refractivity contribution >= 4 is 15.9 Å². The van der Waals surface area contributed by atoms with Gasteiger partial charge in [-0.25, -0.2) is 4.39 Å². The smallest absolute Gasteiger partial charge is 0.150 e. The van der Waals surface area contributed by atoms with E-state index in [4.69, 9.17) is 4.42 Å². The van der Waals surface area contributed by atoms with Crippen molar-refractivity contribution in [1.29, 1.82) is 0 Å². The largest absolute Gasteiger partial charge is 0.463 e. The van der Waals surface area contributed by atoms with Crippen molar-refractivity contribution in [1.82, 2.24) is 0 Å². The van der Waals surface area contributed by atoms with Gasteiger partial charge in [-0.05, 0) is 34.1 Å². The van der Waals surface area contributed by atoms with Gasteiger partial charge in [0.25, 0.3) is 0 Å². The van der Waals surface area contributed by atoms with Gasteiger partial charge in [0, 0.05) is 0 Å². The van der Waals surface area contributed by atoms with Gasteiger partial charge >= 0.3 is 0 Å². The van der Waals surface area contributed by atoms with E-state index in [0.29, 0.717) is 11.3 Å². The van der Waals surface area contributed by atoms with Gasteiger partial charge in [0.2, 0.25) is 0 Å². The third kappa shape index (κ3) is 1.52. The fourth-order valence-electron chi connectivity index (χ4n) is 1.13. The van der Waals surface area contributed by atoms with Crippen molar-refractivity contribution in [3.05, 3.63) is 46.9 Å². The molecule has 2 aromatic rings. The Balaban J connectivity index is 2.59. The van der Waals surface area contributed by atoms with Crippen LogP contribution in [0.15, 0.2) is 45.5 Å². The summed E-state index contributed by atoms with van der Waals surface area (Å²) in [5.74, 6) is 0.247. The highest BCUT2D eigenvalue weighted by molar-refractivity contribution is 9.10. The molecule has 0 bridgehead atoms. The van der Waals surface area contributed by atoms with Gasteiger partial charge < -0.3 is 4.42 Å². The highest BCUT2D eigenvalue weighted by Crippen LogP contribution is 2.30. The van der Waals surface area contributed by atoms with Gasteiger partial charge in [-0.3, -0.25) is 0 Å². The summed E-state index contributed by atoms with van der Waals surface area (Å²) in [4.78, 5) is 0. The van der Waals surface area contributed by atoms with Crippen LogP contribution in [0.2, 0.25) is 0 Å². The topological polar surface area (TPSA) is 13.1 Å². The molecule has 0 fully saturated rings. The van der Waals surface area contributed by atoms with E-state index in [1.165, 1.54) is 12.3 Å². The zero-order valence-corrected chi connectivity index (χ0v) is 8.21. The van der Waals surface area contributed by atoms with Crippen molar-refractivity contribution in [2.24, 2.45) is 0 Å². The third-order valence-corrected chi connectivity index (χ3v) is 2.36. The van der Waals surface area contributed by atoms with Crippen LogP contribution in [0.3, 0.4) is 0 Å². The van der Waals surface area contributed by atoms with Crippen LogP contribution in [0.25, 0.3) is 11.3 Å². The van der Waals surface area contributed by atoms with Crippen LogP contribution in [0, 0.1) is 5.82 Å². The first-order valence-corrected chi connectivity index (χ1v) is 4.56. The Bertz CT molecular complexity index is 422. The van der Waals surface area contributed by atoms with Crippen LogP contribution in [-0.4, -0.2) is 0 Å². The first kappa shape index (κ1) is 8.51. The average molecular weight is 241 g/mol. The van der Waals surface area contributed by atoms with Crippen molar-refractivity contribution in [2.75, 3.05) is 0 Å². The summed E-state index contributed by atoms with van der Waals surface area (Å²) >= 11 is 3.28. The second kappa shape index (κ2) is 3.34. The normalized spacial score (nSPS) is 10.3. The molecule has 13 heavy (non-hydrogen) atoms. The van der Waals surface area contributed by atoms with Crippen molar-refractivity contribution in [2.45, 2.75) is 0 Å². The summed E-state index contributed by atoms with van der Waals surface area (Å²) in [6.07, 6.45) is 1.52. The molecule has 0 aliphatic heterocycles. The monoisotopic (exact) mass is 240 g/mol. The molecule has 1 heterocycles. The van der Waals surface area contributed by atoms with Crippen molar-refractivity contribution < 1.29 is 8.81 Å². The summed E-state index contributed by atoms with van der Waals surface area (Å²) in [6, 6.07) is 8.24. The molecule has 66 valence electrons. The number of hydrogen-bond donors (Lipinski definition) is 0. The lowest BCUT2D eigenvalue weighted by molar-refractivity contribution is 0.568. The van der Waals surface area contributed by atoms with Crippen LogP contribution in [0.4, 0.5) is 4.39 Å². The number of hydrogen-bond acceptors (Lipinski definition) is 1. The van der Waals surface area contributed by atoms with E-state index in [-0.39, 0.29) is 5.82 Å². The fourth-order valence-corrected chi connectivity index (χ4v) is 1.55. The summed E-state index contributed by atoms with van der Waals surface area (Å²) in [7, 11) is 0. The lowest BCUT2D eigenvalue weighted by atomic mass is 10.1. The zero-order chi connectivity index (χ0) is 9.26. The Hall–Kier alpha value is -1.09. The molecule has 2 rings (SSSR count). The number of halogens is 2. The lowest BCUT2D eigenvalue weighted by Crippen LogP contribution is -1.80. The maximum Gasteiger partial charge on any atom is 0.150 e. The molecule has 1 aromatic heterocycles. The molecule has 0 amide bonds. The minimum absolute atomic E-state index is 0.279. The Labute approximate surface area is 83.3 Å². The third-order valence-electron chi connectivity index (χ3n) is 1.74. The molecule has 0 unspecified atom stereocenters. The predicted octanol–water partition coefficient (Wildman–Crippen LogP) is 3.85. The summed E-state index contributed by atoms with van der Waals surface area (Å²) in [5, 5.41) is 0. The average Bonchev–Trinajstić information content (AvgIpc) is 2.52. The Morgan fingerprint density at radius 1 is 1.15 bits per heavy atom. The highest BCUT2D eigenvalue weighted by Gasteiger charge is 2.10. The molecule has 0 radical (unpaired) electrons. The van der Waals surface area contributed by atoms with Gasteiger partial charge in [-0.1, -0.05) is 12.1 Å². The molecule has 1 aromatic carbocycles. The first-order chi connectivity index (χ1) is 6.29. The van der Waals surface area contributed by atoms with E-state index in [9.17, 15) is 4.39 Å². The summed E-state index contributed by atoms with van der Waals surface area (Å²) < 4.78 is 19.2. The molecule has 0 saturated heterocycles. The molecule has 0 atom stereocenters. The summed E-state index contributed by atoms with van der Waals surface area (Å²) in [6.45, 7) is 0. The molecule has 1 nitrogen and oxygen atoms in total. The van der Waals surface area contributed by atoms with E-state index in [2.05, 4.69) is 15.9 Å². The first-order valence-electron chi connectivity index (χ1n) is 3.77. The van der Waals surface area contributed by atoms with E-state index >= 15 is 0 Å². The van der Waals surface area contributed by atoms with E-state index in [1.807, 2.05) is 0 Å². The zero-order valence-electron chi connectivity index (χ0n) is 6.63. The van der Waals surface area contributed by atoms with Crippen molar-refractivity contribution in [3.8, 4) is 11.3 Å². The quantitative estimate of drug-likeness (QED) is 0.739. The maximum absolute atomic E-state index is 13.3. The van der Waals surface area contributed by atoms with Crippen LogP contribution >= 0.6 is 15.9 Å². The minimum Gasteiger partial charge on any atom is -0.463 e. The van der Waals surface area contributed by atoms with Crippen LogP contribution in [0.5, 0.6) is 0 Å². The van der Waals surface area contributed by atoms with Gasteiger partial charge in [-0.2, -0.15) is 0 Å². The van der Waals surface area contributed by atoms with Gasteiger partial charge in [0.05, 0.1) is 16.3 Å². The predicted molar refractivity (Wildman–Crippen MR) is 51.8 cm³/mol. The number of benzene rings is 1. The van der Waals surface area contributed by atoms with Crippen LogP contribution in [0.1, 0.15) is 0 Å². The second-order valence-corrected chi connectivity index (χ2v) is 3.43. The maximum atomic E-state index is 13.3. The number of furan rings is 1. The molecule has 0 saturated carbocycles. The molecule has 3 heteroatoms. The Morgan fingerprint density at radius 3 is 2.54 bits per heavy atom. The van der Waals surface area contributed by atoms with E-state index < -0.39 is 0 Å². The molecule has 0 spiro atoms. The molecule has 0 aliphatic carbocycles. The standard InChI is InChI=1S/C10H6BrFO/c11-8-5-6-13-10(8)7-3-1-2-4-9(7)12/h1-6H. The van der Waals surface area contributed by atoms with Gasteiger partial charge in [0.1, 0.15) is 5.82 Å². The van der Waals surface area contributed by atoms with Crippen molar-refractivity contribution in [3.63, 3.8) is 0 Å². The molecule has 0 aliphatic rings. The molecular weight excluding hydrogens is 235 g/mol. The fraction of sp³-hybridized carbons (Fsp3) is 0. The van der Waals surface area contributed by atoms with Gasteiger partial charge in [0.15, 0.2) is 5.76 Å². The molecular formula is C10H6BrFO. The highest BCUT2D eigenvalue weighted by atomic mass is 79.9. The number of rotatable bonds is 1. The SMILES string of the molecule is Fc1ccccc1-c1occc1Br.